The second-order valence-corrected chi connectivity index (χ2v) is 10.8. The van der Waals surface area contributed by atoms with Crippen LogP contribution in [0, 0.1) is 18.6 Å². The van der Waals surface area contributed by atoms with Crippen LogP contribution in [0.2, 0.25) is 0 Å². The van der Waals surface area contributed by atoms with Gasteiger partial charge in [0.05, 0.1) is 16.2 Å². The summed E-state index contributed by atoms with van der Waals surface area (Å²) in [6.45, 7) is 3.76. The highest BCUT2D eigenvalue weighted by atomic mass is 32.2. The second-order valence-electron chi connectivity index (χ2n) is 8.88. The molecule has 3 heterocycles. The van der Waals surface area contributed by atoms with Crippen LogP contribution in [0.15, 0.2) is 47.4 Å². The van der Waals surface area contributed by atoms with Gasteiger partial charge in [0.25, 0.3) is 0 Å². The lowest BCUT2D eigenvalue weighted by atomic mass is 10.1. The van der Waals surface area contributed by atoms with E-state index in [1.807, 2.05) is 13.0 Å². The molecule has 2 aliphatic heterocycles. The Bertz CT molecular complexity index is 1360. The van der Waals surface area contributed by atoms with Crippen LogP contribution in [0.3, 0.4) is 0 Å². The summed E-state index contributed by atoms with van der Waals surface area (Å²) in [7, 11) is -3.76. The van der Waals surface area contributed by atoms with E-state index >= 15 is 0 Å². The molecule has 0 saturated carbocycles. The summed E-state index contributed by atoms with van der Waals surface area (Å²) in [6.07, 6.45) is 3.59. The molecule has 2 aliphatic rings. The largest absolute Gasteiger partial charge is 0.438 e. The number of rotatable bonds is 5. The van der Waals surface area contributed by atoms with E-state index in [-0.39, 0.29) is 29.6 Å². The number of hydrogen-bond acceptors (Lipinski definition) is 6. The van der Waals surface area contributed by atoms with Gasteiger partial charge in [0.1, 0.15) is 5.75 Å². The molecular formula is C25H26F2N4O3S. The van der Waals surface area contributed by atoms with Crippen molar-refractivity contribution in [2.45, 2.75) is 44.0 Å². The third-order valence-electron chi connectivity index (χ3n) is 6.35. The molecule has 0 radical (unpaired) electrons. The number of aryl methyl sites for hydroxylation is 1. The van der Waals surface area contributed by atoms with Crippen molar-refractivity contribution in [1.29, 1.82) is 0 Å². The highest BCUT2D eigenvalue weighted by molar-refractivity contribution is 7.89. The molecule has 0 amide bonds. The van der Waals surface area contributed by atoms with Crippen LogP contribution in [-0.4, -0.2) is 42.3 Å². The Hall–Kier alpha value is -3.11. The van der Waals surface area contributed by atoms with E-state index in [9.17, 15) is 17.2 Å². The van der Waals surface area contributed by atoms with Crippen molar-refractivity contribution in [2.24, 2.45) is 0 Å². The van der Waals surface area contributed by atoms with Gasteiger partial charge >= 0.3 is 0 Å². The SMILES string of the molecule is Cc1cccc(S(=O)(=O)N2CCc3nc(N4CCCCC4)nc(Oc4ccc(F)c(F)c4)c3C2)c1. The minimum Gasteiger partial charge on any atom is -0.438 e. The number of sulfonamides is 1. The zero-order valence-electron chi connectivity index (χ0n) is 19.4. The van der Waals surface area contributed by atoms with Crippen molar-refractivity contribution in [3.8, 4) is 11.6 Å². The molecule has 1 fully saturated rings. The lowest BCUT2D eigenvalue weighted by Crippen LogP contribution is -2.37. The molecule has 0 unspecified atom stereocenters. The average Bonchev–Trinajstić information content (AvgIpc) is 2.86. The van der Waals surface area contributed by atoms with Crippen LogP contribution in [0.25, 0.3) is 0 Å². The summed E-state index contributed by atoms with van der Waals surface area (Å²) in [4.78, 5) is 11.7. The summed E-state index contributed by atoms with van der Waals surface area (Å²) in [5.41, 5.74) is 2.08. The topological polar surface area (TPSA) is 75.6 Å². The number of fused-ring (bicyclic) bond motifs is 1. The molecule has 1 saturated heterocycles. The van der Waals surface area contributed by atoms with Crippen LogP contribution in [0.5, 0.6) is 11.6 Å². The second kappa shape index (κ2) is 9.50. The maximum absolute atomic E-state index is 13.8. The highest BCUT2D eigenvalue weighted by Gasteiger charge is 2.32. The molecule has 3 aromatic rings. The fourth-order valence-corrected chi connectivity index (χ4v) is 5.96. The quantitative estimate of drug-likeness (QED) is 0.510. The molecule has 0 atom stereocenters. The van der Waals surface area contributed by atoms with Gasteiger partial charge in [-0.3, -0.25) is 0 Å². The summed E-state index contributed by atoms with van der Waals surface area (Å²) in [6, 6.07) is 10.0. The smallest absolute Gasteiger partial charge is 0.243 e. The van der Waals surface area contributed by atoms with E-state index in [1.165, 1.54) is 10.4 Å². The van der Waals surface area contributed by atoms with Crippen LogP contribution >= 0.6 is 0 Å². The Morgan fingerprint density at radius 3 is 2.49 bits per heavy atom. The average molecular weight is 501 g/mol. The third-order valence-corrected chi connectivity index (χ3v) is 8.19. The first-order valence-corrected chi connectivity index (χ1v) is 13.1. The lowest BCUT2D eigenvalue weighted by Gasteiger charge is -2.31. The summed E-state index contributed by atoms with van der Waals surface area (Å²) in [5, 5.41) is 0. The molecule has 0 bridgehead atoms. The molecule has 2 aromatic carbocycles. The molecule has 1 aromatic heterocycles. The molecule has 7 nitrogen and oxygen atoms in total. The van der Waals surface area contributed by atoms with Crippen LogP contribution in [0.4, 0.5) is 14.7 Å². The third kappa shape index (κ3) is 4.85. The van der Waals surface area contributed by atoms with Gasteiger partial charge in [0.2, 0.25) is 21.9 Å². The zero-order chi connectivity index (χ0) is 24.6. The summed E-state index contributed by atoms with van der Waals surface area (Å²) < 4.78 is 61.3. The summed E-state index contributed by atoms with van der Waals surface area (Å²) >= 11 is 0. The predicted octanol–water partition coefficient (Wildman–Crippen LogP) is 4.59. The monoisotopic (exact) mass is 500 g/mol. The number of benzene rings is 2. The minimum atomic E-state index is -3.76. The van der Waals surface area contributed by atoms with Gasteiger partial charge in [0.15, 0.2) is 11.6 Å². The zero-order valence-corrected chi connectivity index (χ0v) is 20.2. The number of anilines is 1. The number of nitrogens with zero attached hydrogens (tertiary/aromatic N) is 4. The number of piperidine rings is 1. The van der Waals surface area contributed by atoms with Crippen molar-refractivity contribution < 1.29 is 21.9 Å². The van der Waals surface area contributed by atoms with Gasteiger partial charge in [-0.15, -0.1) is 0 Å². The Balaban J connectivity index is 1.53. The Kier molecular flexibility index (Phi) is 6.41. The van der Waals surface area contributed by atoms with Crippen molar-refractivity contribution in [3.05, 3.63) is 70.9 Å². The highest BCUT2D eigenvalue weighted by Crippen LogP contribution is 2.34. The van der Waals surface area contributed by atoms with Gasteiger partial charge in [-0.05, 0) is 56.0 Å². The molecule has 184 valence electrons. The van der Waals surface area contributed by atoms with E-state index in [4.69, 9.17) is 9.72 Å². The molecule has 5 rings (SSSR count). The number of halogens is 2. The maximum atomic E-state index is 13.8. The van der Waals surface area contributed by atoms with Crippen molar-refractivity contribution in [1.82, 2.24) is 14.3 Å². The van der Waals surface area contributed by atoms with E-state index in [1.54, 1.807) is 18.2 Å². The Morgan fingerprint density at radius 1 is 0.943 bits per heavy atom. The molecule has 0 N–H and O–H groups in total. The molecule has 0 aliphatic carbocycles. The van der Waals surface area contributed by atoms with Crippen LogP contribution in [-0.2, 0) is 23.0 Å². The fraction of sp³-hybridized carbons (Fsp3) is 0.360. The van der Waals surface area contributed by atoms with Gasteiger partial charge in [0, 0.05) is 38.7 Å². The van der Waals surface area contributed by atoms with Gasteiger partial charge in [-0.1, -0.05) is 12.1 Å². The van der Waals surface area contributed by atoms with Crippen LogP contribution in [0.1, 0.15) is 36.1 Å². The van der Waals surface area contributed by atoms with Gasteiger partial charge in [-0.25, -0.2) is 22.2 Å². The first kappa shape index (κ1) is 23.6. The molecule has 35 heavy (non-hydrogen) atoms. The van der Waals surface area contributed by atoms with Crippen molar-refractivity contribution in [3.63, 3.8) is 0 Å². The first-order valence-electron chi connectivity index (χ1n) is 11.7. The normalized spacial score (nSPS) is 16.7. The predicted molar refractivity (Wildman–Crippen MR) is 127 cm³/mol. The van der Waals surface area contributed by atoms with E-state index in [0.29, 0.717) is 23.6 Å². The van der Waals surface area contributed by atoms with Crippen molar-refractivity contribution in [2.75, 3.05) is 24.5 Å². The Labute approximate surface area is 203 Å². The fourth-order valence-electron chi connectivity index (χ4n) is 4.45. The number of ether oxygens (including phenoxy) is 1. The lowest BCUT2D eigenvalue weighted by molar-refractivity contribution is 0.368. The molecular weight excluding hydrogens is 474 g/mol. The minimum absolute atomic E-state index is 0.0187. The van der Waals surface area contributed by atoms with E-state index in [2.05, 4.69) is 9.88 Å². The van der Waals surface area contributed by atoms with Crippen molar-refractivity contribution >= 4 is 16.0 Å². The summed E-state index contributed by atoms with van der Waals surface area (Å²) in [5.74, 6) is -1.27. The number of aromatic nitrogens is 2. The van der Waals surface area contributed by atoms with Gasteiger partial charge < -0.3 is 9.64 Å². The maximum Gasteiger partial charge on any atom is 0.243 e. The van der Waals surface area contributed by atoms with E-state index in [0.717, 1.165) is 50.0 Å². The van der Waals surface area contributed by atoms with E-state index < -0.39 is 21.7 Å². The van der Waals surface area contributed by atoms with Crippen LogP contribution < -0.4 is 9.64 Å². The number of hydrogen-bond donors (Lipinski definition) is 0. The Morgan fingerprint density at radius 2 is 1.74 bits per heavy atom. The molecule has 10 heteroatoms. The standard InChI is InChI=1S/C25H26F2N4O3S/c1-17-6-5-7-19(14-17)35(32,33)31-13-10-23-20(16-31)24(34-18-8-9-21(26)22(27)15-18)29-25(28-23)30-11-3-2-4-12-30/h5-9,14-15H,2-4,10-13,16H2,1H3. The molecule has 0 spiro atoms. The van der Waals surface area contributed by atoms with Gasteiger partial charge in [-0.2, -0.15) is 9.29 Å². The first-order chi connectivity index (χ1) is 16.8.